The molecule has 0 saturated carbocycles. The van der Waals surface area contributed by atoms with E-state index in [0.29, 0.717) is 22.0 Å². The van der Waals surface area contributed by atoms with Crippen molar-refractivity contribution in [3.05, 3.63) is 59.1 Å². The quantitative estimate of drug-likeness (QED) is 0.562. The third-order valence-corrected chi connectivity index (χ3v) is 4.55. The molecule has 1 aliphatic rings. The first kappa shape index (κ1) is 18.9. The van der Waals surface area contributed by atoms with Gasteiger partial charge in [-0.1, -0.05) is 29.8 Å². The van der Waals surface area contributed by atoms with E-state index in [4.69, 9.17) is 21.1 Å². The second-order valence-corrected chi connectivity index (χ2v) is 6.58. The van der Waals surface area contributed by atoms with Crippen LogP contribution in [0.5, 0.6) is 5.75 Å². The molecule has 1 aliphatic heterocycles. The SMILES string of the molecule is COc1cccc(C(=O)COC(=O)C2CC(=O)N(c3cccc(Cl)c3)C2)c1. The summed E-state index contributed by atoms with van der Waals surface area (Å²) in [5.74, 6) is -1.15. The van der Waals surface area contributed by atoms with Gasteiger partial charge >= 0.3 is 5.97 Å². The summed E-state index contributed by atoms with van der Waals surface area (Å²) in [4.78, 5) is 38.2. The Balaban J connectivity index is 1.58. The van der Waals surface area contributed by atoms with Crippen molar-refractivity contribution in [2.45, 2.75) is 6.42 Å². The molecule has 1 heterocycles. The zero-order valence-corrected chi connectivity index (χ0v) is 15.4. The topological polar surface area (TPSA) is 72.9 Å². The lowest BCUT2D eigenvalue weighted by Crippen LogP contribution is -2.27. The number of benzene rings is 2. The van der Waals surface area contributed by atoms with Gasteiger partial charge in [0.15, 0.2) is 12.4 Å². The number of nitrogens with zero attached hydrogens (tertiary/aromatic N) is 1. The van der Waals surface area contributed by atoms with E-state index in [-0.39, 0.29) is 31.3 Å². The predicted octanol–water partition coefficient (Wildman–Crippen LogP) is 3.13. The van der Waals surface area contributed by atoms with Gasteiger partial charge in [-0.2, -0.15) is 0 Å². The Morgan fingerprint density at radius 3 is 2.70 bits per heavy atom. The molecule has 3 rings (SSSR count). The smallest absolute Gasteiger partial charge is 0.311 e. The van der Waals surface area contributed by atoms with Gasteiger partial charge in [-0.25, -0.2) is 0 Å². The molecule has 1 saturated heterocycles. The third-order valence-electron chi connectivity index (χ3n) is 4.32. The van der Waals surface area contributed by atoms with Gasteiger partial charge in [-0.3, -0.25) is 14.4 Å². The number of Topliss-reactive ketones (excluding diaryl/α,β-unsaturated/α-hetero) is 1. The zero-order valence-electron chi connectivity index (χ0n) is 14.7. The van der Waals surface area contributed by atoms with E-state index in [2.05, 4.69) is 0 Å². The van der Waals surface area contributed by atoms with Crippen LogP contribution in [0.4, 0.5) is 5.69 Å². The Morgan fingerprint density at radius 1 is 1.19 bits per heavy atom. The molecule has 1 atom stereocenters. The fraction of sp³-hybridized carbons (Fsp3) is 0.250. The highest BCUT2D eigenvalue weighted by atomic mass is 35.5. The van der Waals surface area contributed by atoms with Crippen LogP contribution in [0.3, 0.4) is 0 Å². The molecule has 0 aliphatic carbocycles. The third kappa shape index (κ3) is 4.46. The van der Waals surface area contributed by atoms with Gasteiger partial charge in [0.2, 0.25) is 5.91 Å². The lowest BCUT2D eigenvalue weighted by molar-refractivity contribution is -0.147. The molecule has 27 heavy (non-hydrogen) atoms. The van der Waals surface area contributed by atoms with Crippen LogP contribution in [-0.2, 0) is 14.3 Å². The van der Waals surface area contributed by atoms with Crippen molar-refractivity contribution in [1.82, 2.24) is 0 Å². The minimum absolute atomic E-state index is 0.0404. The summed E-state index contributed by atoms with van der Waals surface area (Å²) >= 11 is 5.96. The first-order valence-electron chi connectivity index (χ1n) is 8.37. The maximum absolute atomic E-state index is 12.3. The van der Waals surface area contributed by atoms with Crippen molar-refractivity contribution >= 4 is 34.9 Å². The minimum atomic E-state index is -0.616. The first-order valence-corrected chi connectivity index (χ1v) is 8.75. The van der Waals surface area contributed by atoms with E-state index in [0.717, 1.165) is 0 Å². The van der Waals surface area contributed by atoms with Crippen molar-refractivity contribution in [2.75, 3.05) is 25.2 Å². The zero-order chi connectivity index (χ0) is 19.4. The lowest BCUT2D eigenvalue weighted by atomic mass is 10.1. The number of carbonyl (C=O) groups is 3. The largest absolute Gasteiger partial charge is 0.497 e. The lowest BCUT2D eigenvalue weighted by Gasteiger charge is -2.16. The normalized spacial score (nSPS) is 16.3. The van der Waals surface area contributed by atoms with Crippen LogP contribution >= 0.6 is 11.6 Å². The van der Waals surface area contributed by atoms with E-state index in [9.17, 15) is 14.4 Å². The molecule has 0 spiro atoms. The summed E-state index contributed by atoms with van der Waals surface area (Å²) in [5.41, 5.74) is 1.03. The molecule has 2 aromatic rings. The summed E-state index contributed by atoms with van der Waals surface area (Å²) in [6, 6.07) is 13.5. The monoisotopic (exact) mass is 387 g/mol. The van der Waals surface area contributed by atoms with Crippen molar-refractivity contribution < 1.29 is 23.9 Å². The highest BCUT2D eigenvalue weighted by Crippen LogP contribution is 2.27. The summed E-state index contributed by atoms with van der Waals surface area (Å²) < 4.78 is 10.2. The second kappa shape index (κ2) is 8.22. The molecule has 1 unspecified atom stereocenters. The number of anilines is 1. The molecule has 0 bridgehead atoms. The number of methoxy groups -OCH3 is 1. The predicted molar refractivity (Wildman–Crippen MR) is 100 cm³/mol. The Labute approximate surface area is 161 Å². The first-order chi connectivity index (χ1) is 13.0. The van der Waals surface area contributed by atoms with E-state index in [1.165, 1.54) is 12.0 Å². The van der Waals surface area contributed by atoms with E-state index < -0.39 is 11.9 Å². The number of amides is 1. The van der Waals surface area contributed by atoms with Gasteiger partial charge in [0, 0.05) is 29.2 Å². The van der Waals surface area contributed by atoms with Gasteiger partial charge in [0.1, 0.15) is 5.75 Å². The van der Waals surface area contributed by atoms with Gasteiger partial charge in [-0.05, 0) is 30.3 Å². The van der Waals surface area contributed by atoms with Crippen LogP contribution < -0.4 is 9.64 Å². The van der Waals surface area contributed by atoms with Crippen molar-refractivity contribution in [3.63, 3.8) is 0 Å². The summed E-state index contributed by atoms with van der Waals surface area (Å²) in [6.45, 7) is -0.181. The van der Waals surface area contributed by atoms with Gasteiger partial charge in [0.05, 0.1) is 13.0 Å². The second-order valence-electron chi connectivity index (χ2n) is 6.15. The number of esters is 1. The van der Waals surface area contributed by atoms with Crippen LogP contribution in [0.2, 0.25) is 5.02 Å². The van der Waals surface area contributed by atoms with Gasteiger partial charge < -0.3 is 14.4 Å². The van der Waals surface area contributed by atoms with Crippen LogP contribution in [0.1, 0.15) is 16.8 Å². The number of halogens is 1. The average molecular weight is 388 g/mol. The fourth-order valence-corrected chi connectivity index (χ4v) is 3.08. The summed E-state index contributed by atoms with van der Waals surface area (Å²) in [6.07, 6.45) is 0.0404. The van der Waals surface area contributed by atoms with E-state index in [1.807, 2.05) is 0 Å². The van der Waals surface area contributed by atoms with Crippen molar-refractivity contribution in [3.8, 4) is 5.75 Å². The Bertz CT molecular complexity index is 882. The molecular weight excluding hydrogens is 370 g/mol. The van der Waals surface area contributed by atoms with Crippen molar-refractivity contribution in [1.29, 1.82) is 0 Å². The summed E-state index contributed by atoms with van der Waals surface area (Å²) in [7, 11) is 1.51. The minimum Gasteiger partial charge on any atom is -0.497 e. The summed E-state index contributed by atoms with van der Waals surface area (Å²) in [5, 5.41) is 0.509. The average Bonchev–Trinajstić information content (AvgIpc) is 3.07. The standard InChI is InChI=1S/C20H18ClNO5/c1-26-17-7-2-4-13(8-17)18(23)12-27-20(25)14-9-19(24)22(11-14)16-6-3-5-15(21)10-16/h2-8,10,14H,9,11-12H2,1H3. The molecule has 0 radical (unpaired) electrons. The van der Waals surface area contributed by atoms with Crippen LogP contribution in [0, 0.1) is 5.92 Å². The number of carbonyl (C=O) groups excluding carboxylic acids is 3. The maximum Gasteiger partial charge on any atom is 0.311 e. The molecule has 2 aromatic carbocycles. The molecule has 0 N–H and O–H groups in total. The van der Waals surface area contributed by atoms with Crippen molar-refractivity contribution in [2.24, 2.45) is 5.92 Å². The maximum atomic E-state index is 12.3. The molecule has 6 nitrogen and oxygen atoms in total. The van der Waals surface area contributed by atoms with E-state index in [1.54, 1.807) is 48.5 Å². The molecule has 140 valence electrons. The highest BCUT2D eigenvalue weighted by molar-refractivity contribution is 6.31. The number of ketones is 1. The molecule has 7 heteroatoms. The van der Waals surface area contributed by atoms with Gasteiger partial charge in [0.25, 0.3) is 0 Å². The Kier molecular flexibility index (Phi) is 5.76. The molecular formula is C20H18ClNO5. The molecule has 1 amide bonds. The number of hydrogen-bond donors (Lipinski definition) is 0. The number of hydrogen-bond acceptors (Lipinski definition) is 5. The number of rotatable bonds is 6. The molecule has 1 fully saturated rings. The fourth-order valence-electron chi connectivity index (χ4n) is 2.89. The van der Waals surface area contributed by atoms with Crippen LogP contribution in [0.15, 0.2) is 48.5 Å². The number of ether oxygens (including phenoxy) is 2. The van der Waals surface area contributed by atoms with Gasteiger partial charge in [-0.15, -0.1) is 0 Å². The highest BCUT2D eigenvalue weighted by Gasteiger charge is 2.36. The van der Waals surface area contributed by atoms with Crippen LogP contribution in [0.25, 0.3) is 0 Å². The van der Waals surface area contributed by atoms with Crippen LogP contribution in [-0.4, -0.2) is 37.9 Å². The van der Waals surface area contributed by atoms with E-state index >= 15 is 0 Å². The Morgan fingerprint density at radius 2 is 1.96 bits per heavy atom. The Hall–Kier alpha value is -2.86. The molecule has 0 aromatic heterocycles.